The van der Waals surface area contributed by atoms with Crippen LogP contribution < -0.4 is 0 Å². The van der Waals surface area contributed by atoms with Crippen molar-refractivity contribution < 1.29 is 9.84 Å². The molecule has 0 rings (SSSR count). The van der Waals surface area contributed by atoms with Crippen LogP contribution in [0.1, 0.15) is 13.3 Å². The Hall–Kier alpha value is -0.410. The van der Waals surface area contributed by atoms with Gasteiger partial charge in [0.25, 0.3) is 0 Å². The van der Waals surface area contributed by atoms with E-state index in [1.807, 2.05) is 0 Å². The molecule has 9 heavy (non-hydrogen) atoms. The lowest BCUT2D eigenvalue weighted by atomic mass is 10.2. The maximum Gasteiger partial charge on any atom is 0.0825 e. The Morgan fingerprint density at radius 2 is 2.33 bits per heavy atom. The fourth-order valence-corrected chi connectivity index (χ4v) is 0.605. The second-order valence-corrected chi connectivity index (χ2v) is 2.09. The molecule has 2 N–H and O–H groups in total. The summed E-state index contributed by atoms with van der Waals surface area (Å²) in [6, 6.07) is 0. The first-order chi connectivity index (χ1) is 4.16. The zero-order valence-corrected chi connectivity index (χ0v) is 5.85. The smallest absolute Gasteiger partial charge is 0.0825 e. The molecule has 1 atom stereocenters. The largest absolute Gasteiger partial charge is 0.390 e. The summed E-state index contributed by atoms with van der Waals surface area (Å²) in [4.78, 5) is 0. The van der Waals surface area contributed by atoms with E-state index in [0.717, 1.165) is 0 Å². The van der Waals surface area contributed by atoms with Gasteiger partial charge in [-0.2, -0.15) is 0 Å². The van der Waals surface area contributed by atoms with E-state index >= 15 is 0 Å². The van der Waals surface area contributed by atoms with Crippen molar-refractivity contribution in [2.24, 2.45) is 0 Å². The monoisotopic (exact) mass is 131 g/mol. The molecule has 0 heterocycles. The Kier molecular flexibility index (Phi) is 4.26. The number of aliphatic hydroxyl groups is 1. The lowest BCUT2D eigenvalue weighted by Crippen LogP contribution is -2.16. The van der Waals surface area contributed by atoms with E-state index in [0.29, 0.717) is 18.7 Å². The number of nitrogens with one attached hydrogen (secondary N) is 1. The Morgan fingerprint density at radius 3 is 2.67 bits per heavy atom. The fourth-order valence-electron chi connectivity index (χ4n) is 0.605. The minimum absolute atomic E-state index is 0.316. The van der Waals surface area contributed by atoms with Crippen LogP contribution in [0.3, 0.4) is 0 Å². The molecule has 54 valence electrons. The molecule has 0 aromatic carbocycles. The molecule has 0 saturated carbocycles. The fraction of sp³-hybridized carbons (Fsp3) is 0.833. The van der Waals surface area contributed by atoms with E-state index in [4.69, 9.17) is 10.5 Å². The minimum Gasteiger partial charge on any atom is -0.390 e. The molecule has 0 saturated heterocycles. The van der Waals surface area contributed by atoms with E-state index in [1.165, 1.54) is 7.11 Å². The molecule has 3 nitrogen and oxygen atoms in total. The second kappa shape index (κ2) is 4.47. The first kappa shape index (κ1) is 8.59. The molecule has 0 aliphatic rings. The Bertz CT molecular complexity index is 93.1. The summed E-state index contributed by atoms with van der Waals surface area (Å²) in [5, 5.41) is 15.9. The third-order valence-electron chi connectivity index (χ3n) is 0.901. The van der Waals surface area contributed by atoms with Gasteiger partial charge in [0.2, 0.25) is 0 Å². The van der Waals surface area contributed by atoms with Crippen molar-refractivity contribution in [2.45, 2.75) is 19.4 Å². The molecule has 3 heteroatoms. The molecule has 0 aliphatic carbocycles. The number of hydrogen-bond acceptors (Lipinski definition) is 3. The lowest BCUT2D eigenvalue weighted by molar-refractivity contribution is 0.0692. The van der Waals surface area contributed by atoms with Crippen molar-refractivity contribution in [2.75, 3.05) is 13.7 Å². The average Bonchev–Trinajstić information content (AvgIpc) is 1.63. The number of ether oxygens (including phenoxy) is 1. The SMILES string of the molecule is COCC(O)CC(C)=N. The van der Waals surface area contributed by atoms with Crippen LogP contribution in [0.25, 0.3) is 0 Å². The van der Waals surface area contributed by atoms with Crippen LogP contribution >= 0.6 is 0 Å². The summed E-state index contributed by atoms with van der Waals surface area (Å²) in [5.74, 6) is 0. The van der Waals surface area contributed by atoms with Gasteiger partial charge in [-0.05, 0) is 6.92 Å². The zero-order chi connectivity index (χ0) is 7.28. The highest BCUT2D eigenvalue weighted by Gasteiger charge is 2.02. The molecule has 0 amide bonds. The van der Waals surface area contributed by atoms with Crippen molar-refractivity contribution in [1.82, 2.24) is 0 Å². The number of hydrogen-bond donors (Lipinski definition) is 2. The molecule has 0 aliphatic heterocycles. The van der Waals surface area contributed by atoms with Gasteiger partial charge in [0, 0.05) is 19.2 Å². The van der Waals surface area contributed by atoms with Gasteiger partial charge in [0.1, 0.15) is 0 Å². The van der Waals surface area contributed by atoms with E-state index < -0.39 is 6.10 Å². The molecule has 0 aromatic rings. The predicted molar refractivity (Wildman–Crippen MR) is 35.9 cm³/mol. The van der Waals surface area contributed by atoms with Crippen molar-refractivity contribution in [3.63, 3.8) is 0 Å². The predicted octanol–water partition coefficient (Wildman–Crippen LogP) is 0.423. The van der Waals surface area contributed by atoms with Crippen molar-refractivity contribution in [1.29, 1.82) is 5.41 Å². The van der Waals surface area contributed by atoms with E-state index in [9.17, 15) is 0 Å². The van der Waals surface area contributed by atoms with Crippen LogP contribution in [0.5, 0.6) is 0 Å². The van der Waals surface area contributed by atoms with Gasteiger partial charge in [-0.1, -0.05) is 0 Å². The minimum atomic E-state index is -0.507. The molecule has 1 unspecified atom stereocenters. The van der Waals surface area contributed by atoms with Gasteiger partial charge >= 0.3 is 0 Å². The van der Waals surface area contributed by atoms with Crippen LogP contribution in [-0.2, 0) is 4.74 Å². The van der Waals surface area contributed by atoms with Gasteiger partial charge in [0.05, 0.1) is 12.7 Å². The molecule has 0 aromatic heterocycles. The summed E-state index contributed by atoms with van der Waals surface area (Å²) in [6.45, 7) is 1.98. The normalized spacial score (nSPS) is 13.2. The van der Waals surface area contributed by atoms with E-state index in [2.05, 4.69) is 4.74 Å². The van der Waals surface area contributed by atoms with Crippen LogP contribution in [0.2, 0.25) is 0 Å². The third kappa shape index (κ3) is 5.46. The lowest BCUT2D eigenvalue weighted by Gasteiger charge is -2.06. The summed E-state index contributed by atoms with van der Waals surface area (Å²) >= 11 is 0. The van der Waals surface area contributed by atoms with E-state index in [-0.39, 0.29) is 0 Å². The van der Waals surface area contributed by atoms with E-state index in [1.54, 1.807) is 6.92 Å². The third-order valence-corrected chi connectivity index (χ3v) is 0.901. The molecule has 0 radical (unpaired) electrons. The summed E-state index contributed by atoms with van der Waals surface area (Å²) in [5.41, 5.74) is 0.486. The van der Waals surface area contributed by atoms with Crippen LogP contribution in [0.4, 0.5) is 0 Å². The molecule has 0 fully saturated rings. The van der Waals surface area contributed by atoms with Gasteiger partial charge in [0.15, 0.2) is 0 Å². The van der Waals surface area contributed by atoms with Crippen molar-refractivity contribution in [3.8, 4) is 0 Å². The number of rotatable bonds is 4. The molecule has 0 spiro atoms. The highest BCUT2D eigenvalue weighted by atomic mass is 16.5. The molecular weight excluding hydrogens is 118 g/mol. The first-order valence-corrected chi connectivity index (χ1v) is 2.88. The van der Waals surface area contributed by atoms with Gasteiger partial charge in [-0.3, -0.25) is 0 Å². The number of aliphatic hydroxyl groups excluding tert-OH is 1. The zero-order valence-electron chi connectivity index (χ0n) is 5.85. The standard InChI is InChI=1S/C6H13NO2/c1-5(7)3-6(8)4-9-2/h6-8H,3-4H2,1-2H3. The number of methoxy groups -OCH3 is 1. The summed E-state index contributed by atoms with van der Waals surface area (Å²) in [7, 11) is 1.53. The maximum absolute atomic E-state index is 8.95. The highest BCUT2D eigenvalue weighted by molar-refractivity contribution is 5.78. The van der Waals surface area contributed by atoms with Gasteiger partial charge in [-0.15, -0.1) is 0 Å². The van der Waals surface area contributed by atoms with Gasteiger partial charge < -0.3 is 15.3 Å². The summed E-state index contributed by atoms with van der Waals surface area (Å²) < 4.78 is 4.66. The highest BCUT2D eigenvalue weighted by Crippen LogP contribution is 1.92. The van der Waals surface area contributed by atoms with Gasteiger partial charge in [-0.25, -0.2) is 0 Å². The van der Waals surface area contributed by atoms with Crippen LogP contribution in [0, 0.1) is 5.41 Å². The first-order valence-electron chi connectivity index (χ1n) is 2.88. The second-order valence-electron chi connectivity index (χ2n) is 2.09. The maximum atomic E-state index is 8.95. The van der Waals surface area contributed by atoms with Crippen molar-refractivity contribution in [3.05, 3.63) is 0 Å². The average molecular weight is 131 g/mol. The van der Waals surface area contributed by atoms with Crippen LogP contribution in [-0.4, -0.2) is 30.6 Å². The van der Waals surface area contributed by atoms with Crippen molar-refractivity contribution >= 4 is 5.71 Å². The Morgan fingerprint density at radius 1 is 1.78 bits per heavy atom. The Labute approximate surface area is 55.2 Å². The molecule has 0 bridgehead atoms. The topological polar surface area (TPSA) is 53.3 Å². The quantitative estimate of drug-likeness (QED) is 0.543. The van der Waals surface area contributed by atoms with Crippen LogP contribution in [0.15, 0.2) is 0 Å². The molecular formula is C6H13NO2. The summed E-state index contributed by atoms with van der Waals surface area (Å²) in [6.07, 6.45) is -0.0964. The Balaban J connectivity index is 3.26.